The minimum absolute atomic E-state index is 0.167. The summed E-state index contributed by atoms with van der Waals surface area (Å²) in [5.41, 5.74) is 3.11. The Morgan fingerprint density at radius 2 is 1.21 bits per heavy atom. The molecule has 0 spiro atoms. The van der Waals surface area contributed by atoms with E-state index in [1.807, 2.05) is 84.9 Å². The van der Waals surface area contributed by atoms with Crippen LogP contribution in [0.3, 0.4) is 0 Å². The van der Waals surface area contributed by atoms with Gasteiger partial charge in [0, 0.05) is 22.2 Å². The average molecular weight is 569 g/mol. The van der Waals surface area contributed by atoms with Crippen molar-refractivity contribution in [1.29, 1.82) is 0 Å². The first kappa shape index (κ1) is 24.3. The zero-order valence-electron chi connectivity index (χ0n) is 14.9. The summed E-state index contributed by atoms with van der Waals surface area (Å²) in [4.78, 5) is 4.66. The molecule has 8 heteroatoms. The fraction of sp³-hybridized carbons (Fsp3) is 0. The van der Waals surface area contributed by atoms with Gasteiger partial charge in [-0.05, 0) is 24.3 Å². The number of allylic oxidation sites excluding steroid dienone is 1. The van der Waals surface area contributed by atoms with Crippen LogP contribution >= 0.6 is 48.4 Å². The average Bonchev–Trinajstić information content (AvgIpc) is 2.68. The van der Waals surface area contributed by atoms with Gasteiger partial charge in [0.05, 0.1) is 11.4 Å². The SMILES string of the molecule is O/C(=C\C(=Nc1ccccc1)c1ccc(Cl)cc1)c1ccccc1.[Cl][Nb]([Cl])([Cl])[Cl]. The summed E-state index contributed by atoms with van der Waals surface area (Å²) in [5.74, 6) is 0.167. The van der Waals surface area contributed by atoms with E-state index in [1.54, 1.807) is 6.08 Å². The number of rotatable bonds is 4. The molecule has 3 aromatic carbocycles. The summed E-state index contributed by atoms with van der Waals surface area (Å²) in [6.45, 7) is 0. The summed E-state index contributed by atoms with van der Waals surface area (Å²) in [6, 6.07) is 26.4. The van der Waals surface area contributed by atoms with Gasteiger partial charge >= 0.3 is 49.6 Å². The van der Waals surface area contributed by atoms with Crippen LogP contribution < -0.4 is 0 Å². The zero-order chi connectivity index (χ0) is 21.3. The molecule has 0 bridgehead atoms. The molecule has 0 unspecified atom stereocenters. The van der Waals surface area contributed by atoms with Crippen molar-refractivity contribution >= 4 is 65.5 Å². The van der Waals surface area contributed by atoms with E-state index in [4.69, 9.17) is 48.4 Å². The van der Waals surface area contributed by atoms with E-state index in [0.717, 1.165) is 16.8 Å². The Labute approximate surface area is 194 Å². The van der Waals surface area contributed by atoms with E-state index in [2.05, 4.69) is 4.99 Å². The molecule has 0 amide bonds. The number of aliphatic imine (C=N–C) groups is 1. The molecule has 0 aliphatic carbocycles. The summed E-state index contributed by atoms with van der Waals surface area (Å²) in [5, 5.41) is 11.1. The van der Waals surface area contributed by atoms with Crippen LogP contribution in [0.5, 0.6) is 0 Å². The van der Waals surface area contributed by atoms with Crippen molar-refractivity contribution in [3.8, 4) is 0 Å². The first-order chi connectivity index (χ1) is 13.7. The third kappa shape index (κ3) is 10.1. The Hall–Kier alpha value is -0.940. The Morgan fingerprint density at radius 3 is 1.72 bits per heavy atom. The standard InChI is InChI=1S/C21H16ClNO.4ClH.Nb/c22-18-13-11-16(12-14-18)20(23-19-9-5-2-6-10-19)15-21(24)17-7-3-1-4-8-17;;;;;/h1-15,24H;4*1H;/q;;;;;+4/p-4/b21-15-,23-20?;;;;;. The Balaban J connectivity index is 0.000000537. The van der Waals surface area contributed by atoms with Gasteiger partial charge in [0.1, 0.15) is 5.76 Å². The van der Waals surface area contributed by atoms with Crippen LogP contribution in [0.15, 0.2) is 96.0 Å². The Bertz CT molecular complexity index is 950. The van der Waals surface area contributed by atoms with Gasteiger partial charge < -0.3 is 5.11 Å². The molecule has 0 fully saturated rings. The number of aliphatic hydroxyl groups is 1. The molecule has 29 heavy (non-hydrogen) atoms. The quantitative estimate of drug-likeness (QED) is 0.190. The van der Waals surface area contributed by atoms with Crippen LogP contribution in [0.2, 0.25) is 5.02 Å². The summed E-state index contributed by atoms with van der Waals surface area (Å²) >= 11 is 2.76. The predicted octanol–water partition coefficient (Wildman–Crippen LogP) is 8.82. The number of aliphatic hydroxyl groups excluding tert-OH is 1. The van der Waals surface area contributed by atoms with Gasteiger partial charge in [0.15, 0.2) is 0 Å². The molecular weight excluding hydrogens is 552 g/mol. The van der Waals surface area contributed by atoms with Crippen LogP contribution in [0.1, 0.15) is 11.1 Å². The van der Waals surface area contributed by atoms with Gasteiger partial charge in [-0.15, -0.1) is 0 Å². The van der Waals surface area contributed by atoms with Crippen molar-refractivity contribution in [2.75, 3.05) is 0 Å². The van der Waals surface area contributed by atoms with Gasteiger partial charge in [-0.25, -0.2) is 4.99 Å². The van der Waals surface area contributed by atoms with E-state index in [0.29, 0.717) is 10.7 Å². The molecule has 0 atom stereocenters. The minimum atomic E-state index is -3.21. The molecule has 2 nitrogen and oxygen atoms in total. The van der Waals surface area contributed by atoms with E-state index in [9.17, 15) is 5.11 Å². The topological polar surface area (TPSA) is 32.6 Å². The van der Waals surface area contributed by atoms with Crippen molar-refractivity contribution in [2.45, 2.75) is 0 Å². The molecule has 0 saturated heterocycles. The van der Waals surface area contributed by atoms with Gasteiger partial charge in [-0.1, -0.05) is 72.3 Å². The summed E-state index contributed by atoms with van der Waals surface area (Å²) in [6.07, 6.45) is 1.67. The number of hydrogen-bond acceptors (Lipinski definition) is 2. The Morgan fingerprint density at radius 1 is 0.724 bits per heavy atom. The molecule has 0 aliphatic heterocycles. The third-order valence-electron chi connectivity index (χ3n) is 3.49. The molecule has 0 aromatic heterocycles. The van der Waals surface area contributed by atoms with Gasteiger partial charge in [0.25, 0.3) is 0 Å². The van der Waals surface area contributed by atoms with E-state index < -0.39 is 12.8 Å². The molecule has 1 N–H and O–H groups in total. The van der Waals surface area contributed by atoms with Crippen molar-refractivity contribution in [1.82, 2.24) is 0 Å². The molecule has 0 aliphatic rings. The predicted molar refractivity (Wildman–Crippen MR) is 125 cm³/mol. The number of nitrogens with zero attached hydrogens (tertiary/aromatic N) is 1. The number of halogens is 5. The second-order valence-electron chi connectivity index (χ2n) is 5.62. The monoisotopic (exact) mass is 566 g/mol. The maximum atomic E-state index is 10.4. The molecule has 0 heterocycles. The van der Waals surface area contributed by atoms with Crippen molar-refractivity contribution in [3.05, 3.63) is 107 Å². The van der Waals surface area contributed by atoms with Crippen LogP contribution in [0.4, 0.5) is 5.69 Å². The number of para-hydroxylation sites is 1. The molecule has 3 aromatic rings. The summed E-state index contributed by atoms with van der Waals surface area (Å²) < 4.78 is 0. The molecule has 0 radical (unpaired) electrons. The van der Waals surface area contributed by atoms with E-state index in [-0.39, 0.29) is 5.76 Å². The second kappa shape index (κ2) is 12.0. The number of benzene rings is 3. The number of hydrogen-bond donors (Lipinski definition) is 1. The van der Waals surface area contributed by atoms with Crippen LogP contribution in [0, 0.1) is 0 Å². The van der Waals surface area contributed by atoms with Crippen LogP contribution in [-0.4, -0.2) is 10.8 Å². The third-order valence-corrected chi connectivity index (χ3v) is 3.74. The summed E-state index contributed by atoms with van der Waals surface area (Å²) in [7, 11) is 20.1. The molecule has 151 valence electrons. The van der Waals surface area contributed by atoms with Gasteiger partial charge in [-0.3, -0.25) is 0 Å². The maximum absolute atomic E-state index is 10.4. The van der Waals surface area contributed by atoms with Gasteiger partial charge in [0.2, 0.25) is 0 Å². The normalized spacial score (nSPS) is 12.2. The van der Waals surface area contributed by atoms with Crippen LogP contribution in [0.25, 0.3) is 5.76 Å². The van der Waals surface area contributed by atoms with Crippen molar-refractivity contribution in [3.63, 3.8) is 0 Å². The second-order valence-corrected chi connectivity index (χ2v) is 26.1. The first-order valence-corrected chi connectivity index (χ1v) is 20.0. The zero-order valence-corrected chi connectivity index (χ0v) is 20.9. The first-order valence-electron chi connectivity index (χ1n) is 8.26. The molecular formula is C21H16Cl5NNbO. The Kier molecular flexibility index (Phi) is 10.1. The fourth-order valence-corrected chi connectivity index (χ4v) is 2.39. The van der Waals surface area contributed by atoms with Gasteiger partial charge in [-0.2, -0.15) is 0 Å². The fourth-order valence-electron chi connectivity index (χ4n) is 2.26. The van der Waals surface area contributed by atoms with E-state index >= 15 is 0 Å². The van der Waals surface area contributed by atoms with Crippen molar-refractivity contribution < 1.29 is 17.9 Å². The van der Waals surface area contributed by atoms with E-state index in [1.165, 1.54) is 0 Å². The van der Waals surface area contributed by atoms with Crippen LogP contribution in [-0.2, 0) is 12.8 Å². The molecule has 0 saturated carbocycles. The molecule has 3 rings (SSSR count). The van der Waals surface area contributed by atoms with Crippen molar-refractivity contribution in [2.24, 2.45) is 4.99 Å².